The van der Waals surface area contributed by atoms with Gasteiger partial charge in [0.1, 0.15) is 6.54 Å². The van der Waals surface area contributed by atoms with Crippen LogP contribution in [0.4, 0.5) is 5.69 Å². The van der Waals surface area contributed by atoms with Gasteiger partial charge in [-0.1, -0.05) is 39.8 Å². The number of hydrogen-bond donors (Lipinski definition) is 0. The molecule has 4 rings (SSSR count). The molecular formula is C21H20BrIN2S. The van der Waals surface area contributed by atoms with E-state index in [0.29, 0.717) is 0 Å². The molecule has 0 unspecified atom stereocenters. The van der Waals surface area contributed by atoms with Crippen LogP contribution in [-0.2, 0) is 6.54 Å². The fourth-order valence-corrected chi connectivity index (χ4v) is 4.89. The molecule has 0 spiro atoms. The highest BCUT2D eigenvalue weighted by molar-refractivity contribution is 9.10. The third-order valence-corrected chi connectivity index (χ3v) is 6.17. The molecule has 26 heavy (non-hydrogen) atoms. The number of benzene rings is 2. The van der Waals surface area contributed by atoms with Crippen molar-refractivity contribution >= 4 is 50.4 Å². The van der Waals surface area contributed by atoms with E-state index in [4.69, 9.17) is 0 Å². The molecule has 0 saturated carbocycles. The van der Waals surface area contributed by atoms with E-state index in [1.807, 2.05) is 11.8 Å². The predicted octanol–water partition coefficient (Wildman–Crippen LogP) is 2.84. The number of halogens is 2. The molecule has 2 aromatic carbocycles. The number of para-hydroxylation sites is 1. The Bertz CT molecular complexity index is 987. The van der Waals surface area contributed by atoms with E-state index in [1.54, 1.807) is 0 Å². The first-order chi connectivity index (χ1) is 12.2. The highest BCUT2D eigenvalue weighted by atomic mass is 127. The highest BCUT2D eigenvalue weighted by Crippen LogP contribution is 2.47. The lowest BCUT2D eigenvalue weighted by molar-refractivity contribution is -0.669. The van der Waals surface area contributed by atoms with Gasteiger partial charge in [0.2, 0.25) is 11.2 Å². The van der Waals surface area contributed by atoms with Gasteiger partial charge in [0.15, 0.2) is 0 Å². The van der Waals surface area contributed by atoms with E-state index in [9.17, 15) is 0 Å². The van der Waals surface area contributed by atoms with Crippen LogP contribution < -0.4 is 33.4 Å². The van der Waals surface area contributed by atoms with Crippen molar-refractivity contribution in [3.05, 3.63) is 69.8 Å². The van der Waals surface area contributed by atoms with Crippen molar-refractivity contribution in [1.82, 2.24) is 0 Å². The topological polar surface area (TPSA) is 7.12 Å². The summed E-state index contributed by atoms with van der Waals surface area (Å²) >= 11 is 5.45. The number of fused-ring (bicyclic) bond motifs is 2. The molecule has 0 atom stereocenters. The minimum absolute atomic E-state index is 0. The minimum atomic E-state index is 0. The van der Waals surface area contributed by atoms with Gasteiger partial charge in [0.05, 0.1) is 10.7 Å². The lowest BCUT2D eigenvalue weighted by Crippen LogP contribution is -3.00. The fraction of sp³-hybridized carbons (Fsp3) is 0.190. The van der Waals surface area contributed by atoms with E-state index in [-0.39, 0.29) is 24.0 Å². The summed E-state index contributed by atoms with van der Waals surface area (Å²) in [6.07, 6.45) is 2.32. The summed E-state index contributed by atoms with van der Waals surface area (Å²) in [5.41, 5.74) is 3.82. The molecule has 0 bridgehead atoms. The van der Waals surface area contributed by atoms with E-state index < -0.39 is 0 Å². The normalized spacial score (nSPS) is 14.6. The molecular weight excluding hydrogens is 519 g/mol. The summed E-state index contributed by atoms with van der Waals surface area (Å²) in [7, 11) is 0. The second-order valence-electron chi connectivity index (χ2n) is 6.00. The lowest BCUT2D eigenvalue weighted by atomic mass is 10.2. The molecule has 1 aromatic heterocycles. The van der Waals surface area contributed by atoms with Crippen molar-refractivity contribution in [2.75, 3.05) is 11.4 Å². The zero-order chi connectivity index (χ0) is 17.4. The van der Waals surface area contributed by atoms with Gasteiger partial charge < -0.3 is 28.9 Å². The van der Waals surface area contributed by atoms with E-state index in [1.165, 1.54) is 32.2 Å². The molecule has 0 fully saturated rings. The molecule has 0 N–H and O–H groups in total. The van der Waals surface area contributed by atoms with Crippen LogP contribution >= 0.6 is 27.7 Å². The SMILES string of the molecule is CCN1/C(=C/c2ccc3ccccc3[n+]2CC)Sc2ccc(Br)cc21.[I-]. The lowest BCUT2D eigenvalue weighted by Gasteiger charge is -2.18. The summed E-state index contributed by atoms with van der Waals surface area (Å²) in [6, 6.07) is 19.6. The van der Waals surface area contributed by atoms with Crippen LogP contribution in [-0.4, -0.2) is 6.54 Å². The Balaban J connectivity index is 0.00000196. The zero-order valence-electron chi connectivity index (χ0n) is 14.7. The number of aromatic nitrogens is 1. The van der Waals surface area contributed by atoms with Crippen molar-refractivity contribution in [3.63, 3.8) is 0 Å². The largest absolute Gasteiger partial charge is 1.00 e. The maximum atomic E-state index is 3.60. The number of rotatable bonds is 3. The summed E-state index contributed by atoms with van der Waals surface area (Å²) in [6.45, 7) is 6.33. The van der Waals surface area contributed by atoms with Gasteiger partial charge in [0, 0.05) is 39.5 Å². The maximum Gasteiger partial charge on any atom is 0.212 e. The molecule has 3 aromatic rings. The van der Waals surface area contributed by atoms with Crippen LogP contribution in [0.2, 0.25) is 0 Å². The first-order valence-electron chi connectivity index (χ1n) is 8.59. The number of nitrogens with zero attached hydrogens (tertiary/aromatic N) is 2. The monoisotopic (exact) mass is 538 g/mol. The summed E-state index contributed by atoms with van der Waals surface area (Å²) in [5, 5.41) is 2.57. The summed E-state index contributed by atoms with van der Waals surface area (Å²) in [4.78, 5) is 3.71. The Labute approximate surface area is 184 Å². The molecule has 0 saturated heterocycles. The second kappa shape index (κ2) is 8.31. The number of pyridine rings is 1. The van der Waals surface area contributed by atoms with Gasteiger partial charge in [-0.25, -0.2) is 0 Å². The van der Waals surface area contributed by atoms with Gasteiger partial charge in [-0.2, -0.15) is 4.57 Å². The average Bonchev–Trinajstić information content (AvgIpc) is 2.97. The molecule has 0 amide bonds. The molecule has 1 aliphatic rings. The van der Waals surface area contributed by atoms with Gasteiger partial charge >= 0.3 is 0 Å². The van der Waals surface area contributed by atoms with Crippen LogP contribution in [0.15, 0.2) is 69.0 Å². The molecule has 134 valence electrons. The Morgan fingerprint density at radius 3 is 2.65 bits per heavy atom. The second-order valence-corrected chi connectivity index (χ2v) is 7.98. The summed E-state index contributed by atoms with van der Waals surface area (Å²) < 4.78 is 3.51. The average molecular weight is 539 g/mol. The Morgan fingerprint density at radius 1 is 1.08 bits per heavy atom. The molecule has 0 radical (unpaired) electrons. The fourth-order valence-electron chi connectivity index (χ4n) is 3.39. The van der Waals surface area contributed by atoms with Gasteiger partial charge in [-0.15, -0.1) is 0 Å². The number of anilines is 1. The van der Waals surface area contributed by atoms with Gasteiger partial charge in [-0.05, 0) is 44.2 Å². The van der Waals surface area contributed by atoms with Crippen molar-refractivity contribution in [3.8, 4) is 0 Å². The molecule has 2 heterocycles. The van der Waals surface area contributed by atoms with Crippen LogP contribution in [0.3, 0.4) is 0 Å². The predicted molar refractivity (Wildman–Crippen MR) is 111 cm³/mol. The third-order valence-electron chi connectivity index (χ3n) is 4.57. The van der Waals surface area contributed by atoms with E-state index in [0.717, 1.165) is 17.6 Å². The van der Waals surface area contributed by atoms with Crippen LogP contribution in [0.5, 0.6) is 0 Å². The smallest absolute Gasteiger partial charge is 0.212 e. The number of hydrogen-bond acceptors (Lipinski definition) is 2. The zero-order valence-corrected chi connectivity index (χ0v) is 19.3. The van der Waals surface area contributed by atoms with E-state index >= 15 is 0 Å². The Hall–Kier alpha value is -1.05. The first kappa shape index (κ1) is 19.7. The van der Waals surface area contributed by atoms with Crippen LogP contribution in [0.1, 0.15) is 19.5 Å². The summed E-state index contributed by atoms with van der Waals surface area (Å²) in [5.74, 6) is 0. The number of thioether (sulfide) groups is 1. The Morgan fingerprint density at radius 2 is 1.88 bits per heavy atom. The van der Waals surface area contributed by atoms with Crippen molar-refractivity contribution in [2.24, 2.45) is 0 Å². The number of aryl methyl sites for hydroxylation is 1. The molecule has 0 aliphatic carbocycles. The van der Waals surface area contributed by atoms with Crippen LogP contribution in [0, 0.1) is 0 Å². The highest BCUT2D eigenvalue weighted by Gasteiger charge is 2.25. The third kappa shape index (κ3) is 3.53. The quantitative estimate of drug-likeness (QED) is 0.374. The van der Waals surface area contributed by atoms with Crippen LogP contribution in [0.25, 0.3) is 17.0 Å². The van der Waals surface area contributed by atoms with Gasteiger partial charge in [-0.3, -0.25) is 0 Å². The van der Waals surface area contributed by atoms with Crippen molar-refractivity contribution in [2.45, 2.75) is 25.3 Å². The van der Waals surface area contributed by atoms with Gasteiger partial charge in [0.25, 0.3) is 0 Å². The molecule has 1 aliphatic heterocycles. The first-order valence-corrected chi connectivity index (χ1v) is 10.2. The molecule has 2 nitrogen and oxygen atoms in total. The van der Waals surface area contributed by atoms with Crippen molar-refractivity contribution < 1.29 is 28.5 Å². The van der Waals surface area contributed by atoms with Crippen molar-refractivity contribution in [1.29, 1.82) is 0 Å². The standard InChI is InChI=1S/C21H20BrN2S.HI/c1-3-23-17(11-9-15-7-5-6-8-18(15)23)14-21-24(4-2)19-13-16(22)10-12-20(19)25-21;/h5-14H,3-4H2,1-2H3;1H/q+1;/p-1. The Kier molecular flexibility index (Phi) is 6.30. The van der Waals surface area contributed by atoms with E-state index in [2.05, 4.69) is 99.9 Å². The maximum absolute atomic E-state index is 3.60. The molecule has 5 heteroatoms. The minimum Gasteiger partial charge on any atom is -1.00 e.